The lowest BCUT2D eigenvalue weighted by Gasteiger charge is -2.07. The number of aryl methyl sites for hydroxylation is 1. The normalized spacial score (nSPS) is 10.2. The second-order valence-electron chi connectivity index (χ2n) is 4.15. The molecular formula is C15H15NO2S. The van der Waals surface area contributed by atoms with Gasteiger partial charge in [0.25, 0.3) is 0 Å². The van der Waals surface area contributed by atoms with Gasteiger partial charge in [-0.15, -0.1) is 11.8 Å². The molecule has 2 aromatic rings. The van der Waals surface area contributed by atoms with Crippen LogP contribution in [0, 0.1) is 6.92 Å². The van der Waals surface area contributed by atoms with Crippen LogP contribution in [-0.4, -0.2) is 16.8 Å². The summed E-state index contributed by atoms with van der Waals surface area (Å²) in [4.78, 5) is 12.9. The van der Waals surface area contributed by atoms with E-state index in [0.717, 1.165) is 10.5 Å². The van der Waals surface area contributed by atoms with Crippen LogP contribution in [0.1, 0.15) is 5.56 Å². The number of amides is 1. The van der Waals surface area contributed by atoms with Crippen molar-refractivity contribution in [1.29, 1.82) is 0 Å². The number of nitrogens with one attached hydrogen (secondary N) is 1. The molecule has 0 unspecified atom stereocenters. The molecule has 3 nitrogen and oxygen atoms in total. The van der Waals surface area contributed by atoms with Crippen molar-refractivity contribution < 1.29 is 9.90 Å². The summed E-state index contributed by atoms with van der Waals surface area (Å²) >= 11 is 1.50. The third-order valence-electron chi connectivity index (χ3n) is 2.58. The van der Waals surface area contributed by atoms with Gasteiger partial charge >= 0.3 is 0 Å². The van der Waals surface area contributed by atoms with Crippen LogP contribution in [0.2, 0.25) is 0 Å². The Morgan fingerprint density at radius 2 is 2.00 bits per heavy atom. The Hall–Kier alpha value is -1.94. The number of aromatic hydroxyl groups is 1. The van der Waals surface area contributed by atoms with E-state index in [0.29, 0.717) is 11.4 Å². The van der Waals surface area contributed by atoms with E-state index in [-0.39, 0.29) is 11.7 Å². The van der Waals surface area contributed by atoms with Gasteiger partial charge in [-0.1, -0.05) is 24.3 Å². The summed E-state index contributed by atoms with van der Waals surface area (Å²) in [7, 11) is 0. The minimum atomic E-state index is -0.0844. The average Bonchev–Trinajstić information content (AvgIpc) is 2.38. The zero-order valence-corrected chi connectivity index (χ0v) is 11.4. The molecule has 0 bridgehead atoms. The molecule has 0 aliphatic carbocycles. The van der Waals surface area contributed by atoms with E-state index in [1.54, 1.807) is 18.2 Å². The highest BCUT2D eigenvalue weighted by molar-refractivity contribution is 8.00. The van der Waals surface area contributed by atoms with Gasteiger partial charge in [0.05, 0.1) is 5.75 Å². The molecule has 1 amide bonds. The minimum Gasteiger partial charge on any atom is -0.508 e. The van der Waals surface area contributed by atoms with Gasteiger partial charge in [-0.3, -0.25) is 4.79 Å². The first-order chi connectivity index (χ1) is 9.15. The summed E-state index contributed by atoms with van der Waals surface area (Å²) in [6.07, 6.45) is 0. The molecule has 4 heteroatoms. The molecule has 2 N–H and O–H groups in total. The fourth-order valence-corrected chi connectivity index (χ4v) is 2.47. The first-order valence-electron chi connectivity index (χ1n) is 5.92. The molecule has 0 aromatic heterocycles. The highest BCUT2D eigenvalue weighted by Crippen LogP contribution is 2.22. The van der Waals surface area contributed by atoms with Crippen molar-refractivity contribution in [3.8, 4) is 5.75 Å². The van der Waals surface area contributed by atoms with Crippen molar-refractivity contribution in [3.63, 3.8) is 0 Å². The largest absolute Gasteiger partial charge is 0.508 e. The highest BCUT2D eigenvalue weighted by atomic mass is 32.2. The van der Waals surface area contributed by atoms with Crippen molar-refractivity contribution >= 4 is 23.4 Å². The standard InChI is InChI=1S/C15H15NO2S/c1-11-5-2-3-8-14(11)19-10-15(18)16-12-6-4-7-13(17)9-12/h2-9,17H,10H2,1H3,(H,16,18). The number of hydrogen-bond acceptors (Lipinski definition) is 3. The number of thioether (sulfide) groups is 1. The average molecular weight is 273 g/mol. The maximum atomic E-state index is 11.8. The number of benzene rings is 2. The van der Waals surface area contributed by atoms with Crippen molar-refractivity contribution in [2.75, 3.05) is 11.1 Å². The second-order valence-corrected chi connectivity index (χ2v) is 5.17. The molecule has 19 heavy (non-hydrogen) atoms. The molecule has 0 spiro atoms. The highest BCUT2D eigenvalue weighted by Gasteiger charge is 2.05. The Labute approximate surface area is 116 Å². The third-order valence-corrected chi connectivity index (χ3v) is 3.76. The molecule has 0 heterocycles. The summed E-state index contributed by atoms with van der Waals surface area (Å²) in [5.41, 5.74) is 1.77. The van der Waals surface area contributed by atoms with Crippen molar-refractivity contribution in [1.82, 2.24) is 0 Å². The minimum absolute atomic E-state index is 0.0844. The van der Waals surface area contributed by atoms with Gasteiger partial charge in [0.15, 0.2) is 0 Å². The summed E-state index contributed by atoms with van der Waals surface area (Å²) in [6, 6.07) is 14.5. The van der Waals surface area contributed by atoms with E-state index < -0.39 is 0 Å². The van der Waals surface area contributed by atoms with Crippen molar-refractivity contribution in [2.24, 2.45) is 0 Å². The van der Waals surface area contributed by atoms with E-state index in [4.69, 9.17) is 0 Å². The Morgan fingerprint density at radius 1 is 1.21 bits per heavy atom. The smallest absolute Gasteiger partial charge is 0.234 e. The summed E-state index contributed by atoms with van der Waals surface area (Å²) in [5.74, 6) is 0.406. The van der Waals surface area contributed by atoms with Crippen LogP contribution in [-0.2, 0) is 4.79 Å². The molecular weight excluding hydrogens is 258 g/mol. The summed E-state index contributed by atoms with van der Waals surface area (Å²) in [6.45, 7) is 2.02. The van der Waals surface area contributed by atoms with E-state index in [1.165, 1.54) is 17.8 Å². The van der Waals surface area contributed by atoms with Crippen LogP contribution in [0.4, 0.5) is 5.69 Å². The Morgan fingerprint density at radius 3 is 2.74 bits per heavy atom. The van der Waals surface area contributed by atoms with Crippen LogP contribution in [0.25, 0.3) is 0 Å². The zero-order chi connectivity index (χ0) is 13.7. The molecule has 0 saturated heterocycles. The number of hydrogen-bond donors (Lipinski definition) is 2. The SMILES string of the molecule is Cc1ccccc1SCC(=O)Nc1cccc(O)c1. The number of phenolic OH excluding ortho intramolecular Hbond substituents is 1. The van der Waals surface area contributed by atoms with E-state index in [2.05, 4.69) is 5.32 Å². The van der Waals surface area contributed by atoms with Gasteiger partial charge in [-0.25, -0.2) is 0 Å². The van der Waals surface area contributed by atoms with Crippen molar-refractivity contribution in [2.45, 2.75) is 11.8 Å². The maximum Gasteiger partial charge on any atom is 0.234 e. The van der Waals surface area contributed by atoms with Crippen molar-refractivity contribution in [3.05, 3.63) is 54.1 Å². The van der Waals surface area contributed by atoms with Crippen LogP contribution in [0.15, 0.2) is 53.4 Å². The fraction of sp³-hybridized carbons (Fsp3) is 0.133. The molecule has 0 aliphatic rings. The van der Waals surface area contributed by atoms with E-state index in [9.17, 15) is 9.90 Å². The number of phenols is 1. The quantitative estimate of drug-likeness (QED) is 0.839. The molecule has 2 aromatic carbocycles. The zero-order valence-electron chi connectivity index (χ0n) is 10.6. The predicted molar refractivity (Wildman–Crippen MR) is 78.6 cm³/mol. The molecule has 0 atom stereocenters. The maximum absolute atomic E-state index is 11.8. The van der Waals surface area contributed by atoms with E-state index >= 15 is 0 Å². The van der Waals surface area contributed by atoms with Crippen LogP contribution in [0.3, 0.4) is 0 Å². The molecule has 0 saturated carbocycles. The van der Waals surface area contributed by atoms with Gasteiger partial charge in [-0.2, -0.15) is 0 Å². The molecule has 0 fully saturated rings. The monoisotopic (exact) mass is 273 g/mol. The van der Waals surface area contributed by atoms with Crippen LogP contribution < -0.4 is 5.32 Å². The number of carbonyl (C=O) groups is 1. The van der Waals surface area contributed by atoms with Gasteiger partial charge in [0.2, 0.25) is 5.91 Å². The van der Waals surface area contributed by atoms with Crippen LogP contribution >= 0.6 is 11.8 Å². The Balaban J connectivity index is 1.90. The summed E-state index contributed by atoms with van der Waals surface area (Å²) < 4.78 is 0. The number of anilines is 1. The van der Waals surface area contributed by atoms with Gasteiger partial charge in [0.1, 0.15) is 5.75 Å². The molecule has 98 valence electrons. The lowest BCUT2D eigenvalue weighted by molar-refractivity contribution is -0.113. The first-order valence-corrected chi connectivity index (χ1v) is 6.91. The molecule has 0 radical (unpaired) electrons. The predicted octanol–water partition coefficient (Wildman–Crippen LogP) is 3.43. The Kier molecular flexibility index (Phi) is 4.47. The van der Waals surface area contributed by atoms with Gasteiger partial charge in [0, 0.05) is 16.6 Å². The number of rotatable bonds is 4. The topological polar surface area (TPSA) is 49.3 Å². The molecule has 2 rings (SSSR count). The fourth-order valence-electron chi connectivity index (χ4n) is 1.64. The van der Waals surface area contributed by atoms with Crippen LogP contribution in [0.5, 0.6) is 5.75 Å². The first kappa shape index (κ1) is 13.5. The second kappa shape index (κ2) is 6.29. The lowest BCUT2D eigenvalue weighted by atomic mass is 10.2. The summed E-state index contributed by atoms with van der Waals surface area (Å²) in [5, 5.41) is 12.1. The molecule has 0 aliphatic heterocycles. The third kappa shape index (κ3) is 4.03. The van der Waals surface area contributed by atoms with E-state index in [1.807, 2.05) is 31.2 Å². The lowest BCUT2D eigenvalue weighted by Crippen LogP contribution is -2.13. The Bertz CT molecular complexity index is 584. The van der Waals surface area contributed by atoms with Gasteiger partial charge in [-0.05, 0) is 30.7 Å². The van der Waals surface area contributed by atoms with Gasteiger partial charge < -0.3 is 10.4 Å². The number of carbonyl (C=O) groups excluding carboxylic acids is 1.